The lowest BCUT2D eigenvalue weighted by Crippen LogP contribution is -2.28. The van der Waals surface area contributed by atoms with Crippen LogP contribution in [-0.4, -0.2) is 17.0 Å². The van der Waals surface area contributed by atoms with Gasteiger partial charge in [-0.25, -0.2) is 0 Å². The first kappa shape index (κ1) is 20.4. The Morgan fingerprint density at radius 2 is 1.70 bits per heavy atom. The lowest BCUT2D eigenvalue weighted by Gasteiger charge is -2.16. The Morgan fingerprint density at radius 3 is 2.26 bits per heavy atom. The monoisotopic (exact) mass is 315 g/mol. The molecule has 0 spiro atoms. The number of hydrogen-bond acceptors (Lipinski definition) is 2. The summed E-state index contributed by atoms with van der Waals surface area (Å²) in [7, 11) is 0. The van der Waals surface area contributed by atoms with Gasteiger partial charge in [0.2, 0.25) is 5.91 Å². The molecule has 1 rings (SSSR count). The molecular weight excluding hydrogens is 290 g/mol. The minimum atomic E-state index is -0.957. The number of rotatable bonds is 7. The van der Waals surface area contributed by atoms with E-state index in [-0.39, 0.29) is 12.3 Å². The van der Waals surface area contributed by atoms with Gasteiger partial charge in [-0.3, -0.25) is 9.59 Å². The first-order valence-electron chi connectivity index (χ1n) is 7.66. The molecule has 0 aliphatic heterocycles. The van der Waals surface area contributed by atoms with Crippen LogP contribution in [0.3, 0.4) is 0 Å². The van der Waals surface area contributed by atoms with Gasteiger partial charge in [-0.2, -0.15) is 0 Å². The minimum Gasteiger partial charge on any atom is -0.481 e. The first-order valence-corrected chi connectivity index (χ1v) is 7.66. The van der Waals surface area contributed by atoms with E-state index < -0.39 is 12.0 Å². The fourth-order valence-electron chi connectivity index (χ4n) is 1.71. The van der Waals surface area contributed by atoms with Gasteiger partial charge in [0.15, 0.2) is 0 Å². The van der Waals surface area contributed by atoms with Gasteiger partial charge in [0.25, 0.3) is 0 Å². The van der Waals surface area contributed by atoms with E-state index in [4.69, 9.17) is 5.11 Å². The van der Waals surface area contributed by atoms with Crippen molar-refractivity contribution in [2.75, 3.05) is 0 Å². The SMILES string of the molecule is C/C=C\C=C/C=CC(=O)NC(CC(=O)O)c1ccccc1.CC. The van der Waals surface area contributed by atoms with E-state index >= 15 is 0 Å². The van der Waals surface area contributed by atoms with Crippen molar-refractivity contribution in [1.29, 1.82) is 0 Å². The normalized spacial score (nSPS) is 12.1. The second kappa shape index (κ2) is 13.1. The second-order valence-electron chi connectivity index (χ2n) is 4.34. The highest BCUT2D eigenvalue weighted by Crippen LogP contribution is 2.16. The highest BCUT2D eigenvalue weighted by molar-refractivity contribution is 5.88. The average Bonchev–Trinajstić information content (AvgIpc) is 2.56. The summed E-state index contributed by atoms with van der Waals surface area (Å²) in [6, 6.07) is 8.51. The van der Waals surface area contributed by atoms with E-state index in [1.165, 1.54) is 6.08 Å². The van der Waals surface area contributed by atoms with Crippen molar-refractivity contribution in [2.45, 2.75) is 33.2 Å². The molecule has 1 atom stereocenters. The van der Waals surface area contributed by atoms with Gasteiger partial charge in [-0.15, -0.1) is 0 Å². The predicted octanol–water partition coefficient (Wildman–Crippen LogP) is 4.03. The van der Waals surface area contributed by atoms with Crippen LogP contribution in [0, 0.1) is 0 Å². The van der Waals surface area contributed by atoms with E-state index in [0.29, 0.717) is 0 Å². The van der Waals surface area contributed by atoms with E-state index in [1.54, 1.807) is 30.4 Å². The zero-order valence-corrected chi connectivity index (χ0v) is 13.9. The Bertz CT molecular complexity index is 545. The predicted molar refractivity (Wildman–Crippen MR) is 94.0 cm³/mol. The van der Waals surface area contributed by atoms with Crippen LogP contribution in [-0.2, 0) is 9.59 Å². The molecular formula is C19H25NO3. The molecule has 1 amide bonds. The van der Waals surface area contributed by atoms with E-state index in [0.717, 1.165) is 5.56 Å². The van der Waals surface area contributed by atoms with Crippen molar-refractivity contribution in [3.63, 3.8) is 0 Å². The summed E-state index contributed by atoms with van der Waals surface area (Å²) in [6.07, 6.45) is 10.1. The third-order valence-electron chi connectivity index (χ3n) is 2.67. The van der Waals surface area contributed by atoms with Gasteiger partial charge in [0, 0.05) is 6.08 Å². The quantitative estimate of drug-likeness (QED) is 0.589. The molecule has 23 heavy (non-hydrogen) atoms. The third kappa shape index (κ3) is 9.85. The van der Waals surface area contributed by atoms with Crippen molar-refractivity contribution in [1.82, 2.24) is 5.32 Å². The Kier molecular flexibility index (Phi) is 11.6. The van der Waals surface area contributed by atoms with Crippen molar-refractivity contribution in [3.05, 3.63) is 72.4 Å². The number of benzene rings is 1. The van der Waals surface area contributed by atoms with Crippen LogP contribution in [0.25, 0.3) is 0 Å². The van der Waals surface area contributed by atoms with Gasteiger partial charge in [-0.05, 0) is 12.5 Å². The molecule has 4 heteroatoms. The van der Waals surface area contributed by atoms with Crippen LogP contribution in [0.1, 0.15) is 38.8 Å². The number of carbonyl (C=O) groups is 2. The van der Waals surface area contributed by atoms with Crippen LogP contribution in [0.4, 0.5) is 0 Å². The number of hydrogen-bond donors (Lipinski definition) is 2. The van der Waals surface area contributed by atoms with Crippen molar-refractivity contribution < 1.29 is 14.7 Å². The summed E-state index contributed by atoms with van der Waals surface area (Å²) in [6.45, 7) is 5.90. The molecule has 0 saturated carbocycles. The van der Waals surface area contributed by atoms with E-state index in [2.05, 4.69) is 5.32 Å². The maximum absolute atomic E-state index is 11.8. The van der Waals surface area contributed by atoms with E-state index in [9.17, 15) is 9.59 Å². The average molecular weight is 315 g/mol. The standard InChI is InChI=1S/C17H19NO3.C2H6/c1-2-3-4-5-9-12-16(19)18-15(13-17(20)21)14-10-7-6-8-11-14;1-2/h2-12,15H,13H2,1H3,(H,18,19)(H,20,21);1-2H3/b3-2-,5-4-,12-9?;. The molecule has 4 nitrogen and oxygen atoms in total. The van der Waals surface area contributed by atoms with Crippen molar-refractivity contribution in [3.8, 4) is 0 Å². The topological polar surface area (TPSA) is 66.4 Å². The van der Waals surface area contributed by atoms with Crippen LogP contribution in [0.15, 0.2) is 66.8 Å². The molecule has 0 bridgehead atoms. The lowest BCUT2D eigenvalue weighted by molar-refractivity contribution is -0.137. The molecule has 2 N–H and O–H groups in total. The summed E-state index contributed by atoms with van der Waals surface area (Å²) in [5.41, 5.74) is 0.770. The number of allylic oxidation sites excluding steroid dienone is 5. The van der Waals surface area contributed by atoms with Gasteiger partial charge in [-0.1, -0.05) is 74.6 Å². The molecule has 1 aromatic carbocycles. The Hall–Kier alpha value is -2.62. The number of amides is 1. The summed E-state index contributed by atoms with van der Waals surface area (Å²) < 4.78 is 0. The molecule has 0 aliphatic rings. The number of nitrogens with one attached hydrogen (secondary N) is 1. The zero-order valence-electron chi connectivity index (χ0n) is 13.9. The zero-order chi connectivity index (χ0) is 17.5. The fourth-order valence-corrected chi connectivity index (χ4v) is 1.71. The van der Waals surface area contributed by atoms with Crippen molar-refractivity contribution >= 4 is 11.9 Å². The highest BCUT2D eigenvalue weighted by atomic mass is 16.4. The molecule has 0 heterocycles. The summed E-state index contributed by atoms with van der Waals surface area (Å²) >= 11 is 0. The number of aliphatic carboxylic acids is 1. The number of carbonyl (C=O) groups excluding carboxylic acids is 1. The Labute approximate surface area is 138 Å². The van der Waals surface area contributed by atoms with Crippen LogP contribution in [0.2, 0.25) is 0 Å². The lowest BCUT2D eigenvalue weighted by atomic mass is 10.0. The first-order chi connectivity index (χ1) is 11.1. The van der Waals surface area contributed by atoms with Gasteiger partial charge in [0.1, 0.15) is 0 Å². The molecule has 0 aromatic heterocycles. The summed E-state index contributed by atoms with van der Waals surface area (Å²) in [4.78, 5) is 22.7. The third-order valence-corrected chi connectivity index (χ3v) is 2.67. The minimum absolute atomic E-state index is 0.155. The summed E-state index contributed by atoms with van der Waals surface area (Å²) in [5, 5.41) is 11.6. The summed E-state index contributed by atoms with van der Waals surface area (Å²) in [5.74, 6) is -1.28. The molecule has 0 fully saturated rings. The van der Waals surface area contributed by atoms with Gasteiger partial charge in [0.05, 0.1) is 12.5 Å². The van der Waals surface area contributed by atoms with Gasteiger partial charge < -0.3 is 10.4 Å². The maximum Gasteiger partial charge on any atom is 0.305 e. The molecule has 1 unspecified atom stereocenters. The van der Waals surface area contributed by atoms with Crippen LogP contribution >= 0.6 is 0 Å². The Balaban J connectivity index is 0.00000232. The fraction of sp³-hybridized carbons (Fsp3) is 0.263. The van der Waals surface area contributed by atoms with Crippen LogP contribution in [0.5, 0.6) is 0 Å². The number of carboxylic acids is 1. The largest absolute Gasteiger partial charge is 0.481 e. The maximum atomic E-state index is 11.8. The molecule has 0 aliphatic carbocycles. The van der Waals surface area contributed by atoms with Gasteiger partial charge >= 0.3 is 5.97 Å². The van der Waals surface area contributed by atoms with E-state index in [1.807, 2.05) is 51.1 Å². The molecule has 0 saturated heterocycles. The van der Waals surface area contributed by atoms with Crippen LogP contribution < -0.4 is 5.32 Å². The Morgan fingerprint density at radius 1 is 1.09 bits per heavy atom. The molecule has 0 radical (unpaired) electrons. The number of carboxylic acid groups (broad SMARTS) is 1. The highest BCUT2D eigenvalue weighted by Gasteiger charge is 2.16. The smallest absolute Gasteiger partial charge is 0.305 e. The van der Waals surface area contributed by atoms with Crippen molar-refractivity contribution in [2.24, 2.45) is 0 Å². The molecule has 124 valence electrons. The second-order valence-corrected chi connectivity index (χ2v) is 4.34. The molecule has 1 aromatic rings.